The Morgan fingerprint density at radius 1 is 1.43 bits per heavy atom. The summed E-state index contributed by atoms with van der Waals surface area (Å²) in [4.78, 5) is 24.4. The van der Waals surface area contributed by atoms with Crippen LogP contribution in [0, 0.1) is 0 Å². The SMILES string of the molecule is C=C=CCNC(=O)Nc1cccc(OCC(=O)N(C)C)c1. The quantitative estimate of drug-likeness (QED) is 0.782. The van der Waals surface area contributed by atoms with Gasteiger partial charge in [0.15, 0.2) is 6.61 Å². The van der Waals surface area contributed by atoms with Gasteiger partial charge >= 0.3 is 6.03 Å². The summed E-state index contributed by atoms with van der Waals surface area (Å²) in [5.41, 5.74) is 3.13. The van der Waals surface area contributed by atoms with E-state index in [0.29, 0.717) is 18.0 Å². The van der Waals surface area contributed by atoms with Crippen molar-refractivity contribution in [2.45, 2.75) is 0 Å². The van der Waals surface area contributed by atoms with Gasteiger partial charge < -0.3 is 20.3 Å². The van der Waals surface area contributed by atoms with Crippen LogP contribution in [0.1, 0.15) is 0 Å². The molecule has 0 unspecified atom stereocenters. The molecule has 0 atom stereocenters. The molecule has 112 valence electrons. The van der Waals surface area contributed by atoms with E-state index in [-0.39, 0.29) is 18.5 Å². The minimum Gasteiger partial charge on any atom is -0.484 e. The topological polar surface area (TPSA) is 70.7 Å². The van der Waals surface area contributed by atoms with Crippen molar-refractivity contribution in [1.82, 2.24) is 10.2 Å². The predicted molar refractivity (Wildman–Crippen MR) is 81.4 cm³/mol. The van der Waals surface area contributed by atoms with Gasteiger partial charge in [-0.1, -0.05) is 12.6 Å². The molecular weight excluding hydrogens is 270 g/mol. The molecule has 21 heavy (non-hydrogen) atoms. The van der Waals surface area contributed by atoms with Crippen LogP contribution in [0.25, 0.3) is 0 Å². The van der Waals surface area contributed by atoms with Crippen molar-refractivity contribution in [1.29, 1.82) is 0 Å². The molecule has 0 aliphatic rings. The molecule has 1 aromatic rings. The minimum absolute atomic E-state index is 0.0488. The zero-order valence-electron chi connectivity index (χ0n) is 12.2. The number of hydrogen-bond donors (Lipinski definition) is 2. The van der Waals surface area contributed by atoms with Gasteiger partial charge in [-0.2, -0.15) is 0 Å². The van der Waals surface area contributed by atoms with Gasteiger partial charge in [0.1, 0.15) is 5.75 Å². The average Bonchev–Trinajstić information content (AvgIpc) is 2.45. The van der Waals surface area contributed by atoms with Gasteiger partial charge in [-0.25, -0.2) is 4.79 Å². The Kier molecular flexibility index (Phi) is 6.57. The van der Waals surface area contributed by atoms with Crippen LogP contribution in [0.15, 0.2) is 42.7 Å². The van der Waals surface area contributed by atoms with Crippen LogP contribution in [-0.2, 0) is 4.79 Å². The van der Waals surface area contributed by atoms with Crippen LogP contribution in [0.5, 0.6) is 5.75 Å². The van der Waals surface area contributed by atoms with Crippen LogP contribution in [0.2, 0.25) is 0 Å². The summed E-state index contributed by atoms with van der Waals surface area (Å²) in [6.45, 7) is 3.70. The van der Waals surface area contributed by atoms with Crippen molar-refractivity contribution >= 4 is 17.6 Å². The van der Waals surface area contributed by atoms with Gasteiger partial charge in [0, 0.05) is 32.4 Å². The Balaban J connectivity index is 2.53. The summed E-state index contributed by atoms with van der Waals surface area (Å²) < 4.78 is 5.36. The van der Waals surface area contributed by atoms with Gasteiger partial charge in [0.25, 0.3) is 5.91 Å². The molecule has 0 fully saturated rings. The van der Waals surface area contributed by atoms with Crippen LogP contribution < -0.4 is 15.4 Å². The number of nitrogens with one attached hydrogen (secondary N) is 2. The molecule has 0 aliphatic heterocycles. The number of likely N-dealkylation sites (N-methyl/N-ethyl adjacent to an activating group) is 1. The largest absolute Gasteiger partial charge is 0.484 e. The van der Waals surface area contributed by atoms with E-state index in [1.54, 1.807) is 44.4 Å². The summed E-state index contributed by atoms with van der Waals surface area (Å²) in [5, 5.41) is 5.27. The normalized spacial score (nSPS) is 9.24. The zero-order valence-corrected chi connectivity index (χ0v) is 12.2. The first-order valence-corrected chi connectivity index (χ1v) is 6.35. The van der Waals surface area contributed by atoms with Gasteiger partial charge in [0.05, 0.1) is 0 Å². The van der Waals surface area contributed by atoms with Crippen molar-refractivity contribution in [2.24, 2.45) is 0 Å². The number of ether oxygens (including phenoxy) is 1. The second-order valence-corrected chi connectivity index (χ2v) is 4.35. The Morgan fingerprint density at radius 2 is 2.19 bits per heavy atom. The van der Waals surface area contributed by atoms with E-state index in [2.05, 4.69) is 22.9 Å². The highest BCUT2D eigenvalue weighted by atomic mass is 16.5. The van der Waals surface area contributed by atoms with Crippen molar-refractivity contribution in [3.05, 3.63) is 42.7 Å². The third-order valence-corrected chi connectivity index (χ3v) is 2.46. The van der Waals surface area contributed by atoms with Crippen LogP contribution in [0.4, 0.5) is 10.5 Å². The standard InChI is InChI=1S/C15H19N3O3/c1-4-5-9-16-15(20)17-12-7-6-8-13(10-12)21-11-14(19)18(2)3/h5-8,10H,1,9,11H2,2-3H3,(H2,16,17,20). The molecule has 3 amide bonds. The molecule has 0 saturated heterocycles. The summed E-state index contributed by atoms with van der Waals surface area (Å²) in [6.07, 6.45) is 1.60. The third kappa shape index (κ3) is 6.31. The van der Waals surface area contributed by atoms with Gasteiger partial charge in [-0.15, -0.1) is 5.73 Å². The van der Waals surface area contributed by atoms with E-state index in [1.165, 1.54) is 4.90 Å². The van der Waals surface area contributed by atoms with E-state index in [1.807, 2.05) is 0 Å². The van der Waals surface area contributed by atoms with Crippen LogP contribution >= 0.6 is 0 Å². The summed E-state index contributed by atoms with van der Waals surface area (Å²) in [5.74, 6) is 0.372. The van der Waals surface area contributed by atoms with E-state index in [4.69, 9.17) is 4.74 Å². The third-order valence-electron chi connectivity index (χ3n) is 2.46. The smallest absolute Gasteiger partial charge is 0.319 e. The lowest BCUT2D eigenvalue weighted by molar-refractivity contribution is -0.130. The van der Waals surface area contributed by atoms with Crippen molar-refractivity contribution in [2.75, 3.05) is 32.6 Å². The summed E-state index contributed by atoms with van der Waals surface area (Å²) in [7, 11) is 3.32. The monoisotopic (exact) mass is 289 g/mol. The Bertz CT molecular complexity index is 549. The van der Waals surface area contributed by atoms with E-state index in [0.717, 1.165) is 0 Å². The molecule has 0 aromatic heterocycles. The Hall–Kier alpha value is -2.72. The number of benzene rings is 1. The van der Waals surface area contributed by atoms with Gasteiger partial charge in [-0.05, 0) is 18.2 Å². The van der Waals surface area contributed by atoms with E-state index < -0.39 is 0 Å². The van der Waals surface area contributed by atoms with Crippen molar-refractivity contribution in [3.63, 3.8) is 0 Å². The molecule has 1 rings (SSSR count). The molecular formula is C15H19N3O3. The number of nitrogens with zero attached hydrogens (tertiary/aromatic N) is 1. The lowest BCUT2D eigenvalue weighted by Crippen LogP contribution is -2.28. The maximum absolute atomic E-state index is 11.6. The molecule has 0 spiro atoms. The second kappa shape index (κ2) is 8.45. The molecule has 2 N–H and O–H groups in total. The molecule has 0 heterocycles. The number of hydrogen-bond acceptors (Lipinski definition) is 3. The molecule has 0 aliphatic carbocycles. The first-order chi connectivity index (χ1) is 10.0. The maximum atomic E-state index is 11.6. The highest BCUT2D eigenvalue weighted by Gasteiger charge is 2.06. The van der Waals surface area contributed by atoms with Crippen LogP contribution in [-0.4, -0.2) is 44.1 Å². The average molecular weight is 289 g/mol. The Morgan fingerprint density at radius 3 is 2.86 bits per heavy atom. The zero-order chi connectivity index (χ0) is 15.7. The molecule has 6 heteroatoms. The molecule has 1 aromatic carbocycles. The number of urea groups is 1. The van der Waals surface area contributed by atoms with Gasteiger partial charge in [-0.3, -0.25) is 4.79 Å². The first kappa shape index (κ1) is 16.3. The minimum atomic E-state index is -0.344. The van der Waals surface area contributed by atoms with Crippen LogP contribution in [0.3, 0.4) is 0 Å². The van der Waals surface area contributed by atoms with Crippen molar-refractivity contribution in [3.8, 4) is 5.75 Å². The Labute approximate surface area is 124 Å². The molecule has 6 nitrogen and oxygen atoms in total. The predicted octanol–water partition coefficient (Wildman–Crippen LogP) is 1.62. The molecule has 0 saturated carbocycles. The molecule has 0 radical (unpaired) electrons. The molecule has 0 bridgehead atoms. The highest BCUT2D eigenvalue weighted by Crippen LogP contribution is 2.17. The van der Waals surface area contributed by atoms with Gasteiger partial charge in [0.2, 0.25) is 0 Å². The summed E-state index contributed by atoms with van der Waals surface area (Å²) in [6, 6.07) is 6.47. The fourth-order valence-electron chi connectivity index (χ4n) is 1.33. The fraction of sp³-hybridized carbons (Fsp3) is 0.267. The second-order valence-electron chi connectivity index (χ2n) is 4.35. The van der Waals surface area contributed by atoms with E-state index >= 15 is 0 Å². The number of anilines is 1. The number of amides is 3. The highest BCUT2D eigenvalue weighted by molar-refractivity contribution is 5.89. The number of carbonyl (C=O) groups is 2. The van der Waals surface area contributed by atoms with E-state index in [9.17, 15) is 9.59 Å². The summed E-state index contributed by atoms with van der Waals surface area (Å²) >= 11 is 0. The fourth-order valence-corrected chi connectivity index (χ4v) is 1.33. The number of carbonyl (C=O) groups excluding carboxylic acids is 2. The maximum Gasteiger partial charge on any atom is 0.319 e. The van der Waals surface area contributed by atoms with Crippen molar-refractivity contribution < 1.29 is 14.3 Å². The number of rotatable bonds is 6. The lowest BCUT2D eigenvalue weighted by atomic mass is 10.3. The lowest BCUT2D eigenvalue weighted by Gasteiger charge is -2.12. The first-order valence-electron chi connectivity index (χ1n) is 6.35.